The van der Waals surface area contributed by atoms with E-state index < -0.39 is 11.9 Å². The van der Waals surface area contributed by atoms with Crippen molar-refractivity contribution in [1.29, 1.82) is 0 Å². The molecule has 0 amide bonds. The number of unbranched alkanes of at least 4 members (excludes halogenated alkanes) is 4. The van der Waals surface area contributed by atoms with Crippen LogP contribution in [0.5, 0.6) is 5.75 Å². The van der Waals surface area contributed by atoms with Gasteiger partial charge in [0.15, 0.2) is 0 Å². The normalized spacial score (nSPS) is 11.0. The number of carboxylic acid groups (broad SMARTS) is 2. The number of likely N-dealkylation sites (N-methyl/N-ethyl adjacent to an activating group) is 2. The fraction of sp³-hybridized carbons (Fsp3) is 0.526. The summed E-state index contributed by atoms with van der Waals surface area (Å²) in [6.07, 6.45) is 13.9. The van der Waals surface area contributed by atoms with Gasteiger partial charge >= 0.3 is 11.9 Å². The van der Waals surface area contributed by atoms with Crippen molar-refractivity contribution in [1.82, 2.24) is 9.80 Å². The zero-order valence-corrected chi connectivity index (χ0v) is 29.1. The topological polar surface area (TPSA) is 90.3 Å². The molecule has 2 rings (SSSR count). The van der Waals surface area contributed by atoms with E-state index in [0.29, 0.717) is 5.56 Å². The maximum Gasteiger partial charge on any atom is 0.335 e. The van der Waals surface area contributed by atoms with E-state index in [1.54, 1.807) is 24.3 Å². The molecule has 0 radical (unpaired) electrons. The third-order valence-electron chi connectivity index (χ3n) is 7.18. The maximum atomic E-state index is 10.6. The van der Waals surface area contributed by atoms with Gasteiger partial charge in [0.05, 0.1) is 12.2 Å². The molecule has 2 N–H and O–H groups in total. The lowest BCUT2D eigenvalue weighted by Crippen LogP contribution is -2.33. The van der Waals surface area contributed by atoms with E-state index in [9.17, 15) is 9.59 Å². The van der Waals surface area contributed by atoms with Crippen LogP contribution in [0.3, 0.4) is 0 Å². The van der Waals surface area contributed by atoms with Gasteiger partial charge in [-0.05, 0) is 90.3 Å². The molecule has 2 aromatic carbocycles. The van der Waals surface area contributed by atoms with Crippen molar-refractivity contribution in [2.24, 2.45) is 0 Å². The van der Waals surface area contributed by atoms with E-state index in [1.807, 2.05) is 26.8 Å². The van der Waals surface area contributed by atoms with E-state index in [2.05, 4.69) is 74.0 Å². The van der Waals surface area contributed by atoms with Crippen LogP contribution in [0.2, 0.25) is 0 Å². The lowest BCUT2D eigenvalue weighted by Gasteiger charge is -2.27. The number of ether oxygens (including phenoxy) is 1. The largest absolute Gasteiger partial charge is 0.493 e. The molecule has 0 bridgehead atoms. The fourth-order valence-electron chi connectivity index (χ4n) is 4.61. The van der Waals surface area contributed by atoms with Crippen LogP contribution in [0, 0.1) is 6.92 Å². The summed E-state index contributed by atoms with van der Waals surface area (Å²) in [5.41, 5.74) is 3.97. The smallest absolute Gasteiger partial charge is 0.335 e. The summed E-state index contributed by atoms with van der Waals surface area (Å²) in [5.74, 6) is -0.561. The first-order valence-electron chi connectivity index (χ1n) is 16.7. The summed E-state index contributed by atoms with van der Waals surface area (Å²) in [6, 6.07) is 15.1. The molecule has 2 aromatic rings. The molecular formula is C38H60N2O5. The van der Waals surface area contributed by atoms with Gasteiger partial charge in [0, 0.05) is 38.3 Å². The Morgan fingerprint density at radius 1 is 0.844 bits per heavy atom. The highest BCUT2D eigenvalue weighted by atomic mass is 16.5. The Balaban J connectivity index is 0.00000135. The van der Waals surface area contributed by atoms with E-state index in [4.69, 9.17) is 14.9 Å². The number of aromatic carboxylic acids is 1. The van der Waals surface area contributed by atoms with Crippen LogP contribution in [-0.4, -0.2) is 71.8 Å². The van der Waals surface area contributed by atoms with Crippen LogP contribution < -0.4 is 4.74 Å². The minimum absolute atomic E-state index is 0.287. The highest BCUT2D eigenvalue weighted by molar-refractivity contribution is 5.87. The van der Waals surface area contributed by atoms with Gasteiger partial charge in [0.25, 0.3) is 0 Å². The van der Waals surface area contributed by atoms with Crippen molar-refractivity contribution in [2.45, 2.75) is 92.9 Å². The van der Waals surface area contributed by atoms with Crippen molar-refractivity contribution in [3.05, 3.63) is 89.1 Å². The highest BCUT2D eigenvalue weighted by Crippen LogP contribution is 2.21. The van der Waals surface area contributed by atoms with Gasteiger partial charge in [-0.15, -0.1) is 0 Å². The Kier molecular flexibility index (Phi) is 24.7. The molecule has 7 heteroatoms. The third-order valence-corrected chi connectivity index (χ3v) is 7.18. The summed E-state index contributed by atoms with van der Waals surface area (Å²) in [6.45, 7) is 17.1. The zero-order chi connectivity index (χ0) is 33.9. The van der Waals surface area contributed by atoms with Crippen molar-refractivity contribution < 1.29 is 24.5 Å². The lowest BCUT2D eigenvalue weighted by molar-refractivity contribution is -0.137. The first-order chi connectivity index (χ1) is 21.7. The van der Waals surface area contributed by atoms with Crippen molar-refractivity contribution >= 4 is 11.9 Å². The van der Waals surface area contributed by atoms with Gasteiger partial charge < -0.3 is 24.7 Å². The van der Waals surface area contributed by atoms with Gasteiger partial charge in [-0.1, -0.05) is 81.2 Å². The van der Waals surface area contributed by atoms with Crippen LogP contribution in [0.15, 0.2) is 72.5 Å². The molecule has 0 spiro atoms. The first kappa shape index (κ1) is 41.4. The highest BCUT2D eigenvalue weighted by Gasteiger charge is 2.07. The minimum Gasteiger partial charge on any atom is -0.493 e. The fourth-order valence-corrected chi connectivity index (χ4v) is 4.61. The lowest BCUT2D eigenvalue weighted by atomic mass is 10.0. The van der Waals surface area contributed by atoms with E-state index in [-0.39, 0.29) is 6.42 Å². The Bertz CT molecular complexity index is 1110. The van der Waals surface area contributed by atoms with Gasteiger partial charge in [-0.2, -0.15) is 0 Å². The average molecular weight is 625 g/mol. The van der Waals surface area contributed by atoms with Crippen molar-refractivity contribution in [3.8, 4) is 5.75 Å². The standard InChI is InChI=1S/C28H46N2O3.C8H8O2.C2H6/c1-5-16-26(6-2)30(7-3)23-22-29(4)21-15-24-33-27-19-14-13-18-25(27)17-11-9-8-10-12-20-28(31)32;1-6-2-4-7(5-3-6)8(9)10;1-2/h5-6,13-14,16,18-19H,7-12,15,17,20-24H2,1-4H3,(H,31,32);2-5H,1H3,(H,9,10);1-2H3/b16-5-,26-6+;;. The quantitative estimate of drug-likeness (QED) is 0.112. The molecule has 45 heavy (non-hydrogen) atoms. The molecule has 0 aliphatic carbocycles. The third kappa shape index (κ3) is 20.1. The van der Waals surface area contributed by atoms with Crippen molar-refractivity contribution in [3.63, 3.8) is 0 Å². The molecule has 0 fully saturated rings. The number of aliphatic carboxylic acids is 1. The van der Waals surface area contributed by atoms with Gasteiger partial charge in [0.1, 0.15) is 5.75 Å². The molecule has 0 saturated carbocycles. The summed E-state index contributed by atoms with van der Waals surface area (Å²) in [7, 11) is 2.18. The van der Waals surface area contributed by atoms with Crippen molar-refractivity contribution in [2.75, 3.05) is 39.8 Å². The number of nitrogens with zero attached hydrogens (tertiary/aromatic N) is 2. The van der Waals surface area contributed by atoms with Gasteiger partial charge in [0.2, 0.25) is 0 Å². The van der Waals surface area contributed by atoms with E-state index in [1.165, 1.54) is 11.3 Å². The Morgan fingerprint density at radius 2 is 1.49 bits per heavy atom. The van der Waals surface area contributed by atoms with Crippen LogP contribution in [0.25, 0.3) is 0 Å². The second kappa shape index (κ2) is 26.8. The maximum absolute atomic E-state index is 10.6. The number of benzene rings is 2. The van der Waals surface area contributed by atoms with Crippen LogP contribution in [-0.2, 0) is 11.2 Å². The van der Waals surface area contributed by atoms with Crippen LogP contribution in [0.4, 0.5) is 0 Å². The minimum atomic E-state index is -0.875. The molecule has 0 aliphatic rings. The van der Waals surface area contributed by atoms with E-state index >= 15 is 0 Å². The Labute approximate surface area is 273 Å². The summed E-state index contributed by atoms with van der Waals surface area (Å²) in [4.78, 5) is 25.7. The number of aryl methyl sites for hydroxylation is 2. The molecule has 0 atom stereocenters. The van der Waals surface area contributed by atoms with Gasteiger partial charge in [-0.25, -0.2) is 4.79 Å². The summed E-state index contributed by atoms with van der Waals surface area (Å²) < 4.78 is 6.12. The van der Waals surface area contributed by atoms with E-state index in [0.717, 1.165) is 89.0 Å². The molecule has 0 aromatic heterocycles. The molecule has 0 unspecified atom stereocenters. The molecule has 0 aliphatic heterocycles. The number of rotatable bonds is 20. The molecule has 252 valence electrons. The molecule has 0 heterocycles. The second-order valence-electron chi connectivity index (χ2n) is 10.7. The predicted molar refractivity (Wildman–Crippen MR) is 188 cm³/mol. The molecule has 0 saturated heterocycles. The number of carbonyl (C=O) groups is 2. The number of allylic oxidation sites excluding steroid dienone is 3. The number of para-hydroxylation sites is 1. The number of carboxylic acids is 2. The second-order valence-corrected chi connectivity index (χ2v) is 10.7. The first-order valence-corrected chi connectivity index (χ1v) is 16.7. The predicted octanol–water partition coefficient (Wildman–Crippen LogP) is 8.88. The Morgan fingerprint density at radius 3 is 2.09 bits per heavy atom. The van der Waals surface area contributed by atoms with Crippen LogP contribution >= 0.6 is 0 Å². The van der Waals surface area contributed by atoms with Crippen LogP contribution in [0.1, 0.15) is 101 Å². The average Bonchev–Trinajstić information content (AvgIpc) is 3.04. The molecule has 7 nitrogen and oxygen atoms in total. The monoisotopic (exact) mass is 624 g/mol. The summed E-state index contributed by atoms with van der Waals surface area (Å²) >= 11 is 0. The van der Waals surface area contributed by atoms with Gasteiger partial charge in [-0.3, -0.25) is 4.79 Å². The molecular weight excluding hydrogens is 564 g/mol. The zero-order valence-electron chi connectivity index (χ0n) is 29.1. The number of hydrogen-bond acceptors (Lipinski definition) is 5. The SMILES string of the molecule is C/C=C\C(=C/C)N(CC)CCN(C)CCCOc1ccccc1CCCCCCCC(=O)O.CC.Cc1ccc(C(=O)O)cc1. The summed E-state index contributed by atoms with van der Waals surface area (Å²) in [5, 5.41) is 17.2. The number of hydrogen-bond donors (Lipinski definition) is 2. The Hall–Kier alpha value is -3.58.